The standard InChI is InChI=1S/C16H30N4/c1-12(16-13(2)18-20(5)14(16)3)17-10-11-19(4)15-8-6-7-9-15/h12,15,17H,6-11H2,1-5H3. The van der Waals surface area contributed by atoms with Crippen LogP contribution in [0.3, 0.4) is 0 Å². The minimum Gasteiger partial charge on any atom is -0.309 e. The van der Waals surface area contributed by atoms with Gasteiger partial charge in [-0.25, -0.2) is 0 Å². The lowest BCUT2D eigenvalue weighted by Crippen LogP contribution is -2.36. The van der Waals surface area contributed by atoms with Gasteiger partial charge in [0.05, 0.1) is 5.69 Å². The predicted molar refractivity (Wildman–Crippen MR) is 84.0 cm³/mol. The van der Waals surface area contributed by atoms with Crippen LogP contribution >= 0.6 is 0 Å². The van der Waals surface area contributed by atoms with E-state index in [0.717, 1.165) is 24.8 Å². The molecule has 0 spiro atoms. The molecule has 1 fully saturated rings. The van der Waals surface area contributed by atoms with E-state index in [1.54, 1.807) is 0 Å². The fraction of sp³-hybridized carbons (Fsp3) is 0.812. The molecule has 1 aliphatic rings. The Morgan fingerprint density at radius 3 is 2.55 bits per heavy atom. The molecule has 1 aromatic heterocycles. The fourth-order valence-corrected chi connectivity index (χ4v) is 3.50. The Kier molecular flexibility index (Phi) is 5.22. The molecule has 0 aliphatic heterocycles. The first-order valence-electron chi connectivity index (χ1n) is 7.94. The van der Waals surface area contributed by atoms with Gasteiger partial charge in [0, 0.05) is 43.5 Å². The summed E-state index contributed by atoms with van der Waals surface area (Å²) in [5.41, 5.74) is 3.77. The van der Waals surface area contributed by atoms with Gasteiger partial charge in [-0.15, -0.1) is 0 Å². The highest BCUT2D eigenvalue weighted by Crippen LogP contribution is 2.22. The highest BCUT2D eigenvalue weighted by atomic mass is 15.3. The minimum atomic E-state index is 0.376. The molecule has 1 aromatic rings. The van der Waals surface area contributed by atoms with Gasteiger partial charge in [0.1, 0.15) is 0 Å². The monoisotopic (exact) mass is 278 g/mol. The van der Waals surface area contributed by atoms with Crippen molar-refractivity contribution in [2.24, 2.45) is 7.05 Å². The fourth-order valence-electron chi connectivity index (χ4n) is 3.50. The second-order valence-electron chi connectivity index (χ2n) is 6.30. The molecular weight excluding hydrogens is 248 g/mol. The lowest BCUT2D eigenvalue weighted by molar-refractivity contribution is 0.243. The number of nitrogens with one attached hydrogen (secondary N) is 1. The summed E-state index contributed by atoms with van der Waals surface area (Å²) in [5, 5.41) is 8.16. The van der Waals surface area contributed by atoms with Crippen molar-refractivity contribution in [3.05, 3.63) is 17.0 Å². The van der Waals surface area contributed by atoms with Crippen molar-refractivity contribution in [3.8, 4) is 0 Å². The quantitative estimate of drug-likeness (QED) is 0.868. The van der Waals surface area contributed by atoms with Gasteiger partial charge in [0.2, 0.25) is 0 Å². The highest BCUT2D eigenvalue weighted by molar-refractivity contribution is 5.27. The number of aryl methyl sites for hydroxylation is 2. The molecule has 0 bridgehead atoms. The van der Waals surface area contributed by atoms with Crippen molar-refractivity contribution in [2.75, 3.05) is 20.1 Å². The van der Waals surface area contributed by atoms with Gasteiger partial charge in [0.25, 0.3) is 0 Å². The van der Waals surface area contributed by atoms with E-state index in [1.165, 1.54) is 36.9 Å². The zero-order valence-corrected chi connectivity index (χ0v) is 13.7. The minimum absolute atomic E-state index is 0.376. The molecule has 2 rings (SSSR count). The van der Waals surface area contributed by atoms with Crippen molar-refractivity contribution in [2.45, 2.75) is 58.5 Å². The molecule has 1 heterocycles. The smallest absolute Gasteiger partial charge is 0.0644 e. The summed E-state index contributed by atoms with van der Waals surface area (Å²) in [6, 6.07) is 1.19. The largest absolute Gasteiger partial charge is 0.309 e. The summed E-state index contributed by atoms with van der Waals surface area (Å²) in [5.74, 6) is 0. The van der Waals surface area contributed by atoms with Crippen molar-refractivity contribution < 1.29 is 0 Å². The summed E-state index contributed by atoms with van der Waals surface area (Å²) in [6.45, 7) is 8.67. The second-order valence-corrected chi connectivity index (χ2v) is 6.30. The van der Waals surface area contributed by atoms with E-state index in [9.17, 15) is 0 Å². The Morgan fingerprint density at radius 2 is 2.00 bits per heavy atom. The Bertz CT molecular complexity index is 432. The normalized spacial score (nSPS) is 18.1. The SMILES string of the molecule is Cc1nn(C)c(C)c1C(C)NCCN(C)C1CCCC1. The average molecular weight is 278 g/mol. The lowest BCUT2D eigenvalue weighted by Gasteiger charge is -2.25. The molecule has 4 heteroatoms. The van der Waals surface area contributed by atoms with Crippen LogP contribution in [0.4, 0.5) is 0 Å². The van der Waals surface area contributed by atoms with Crippen molar-refractivity contribution in [1.29, 1.82) is 0 Å². The highest BCUT2D eigenvalue weighted by Gasteiger charge is 2.20. The third kappa shape index (κ3) is 3.41. The molecule has 1 unspecified atom stereocenters. The van der Waals surface area contributed by atoms with Crippen LogP contribution in [0.5, 0.6) is 0 Å². The van der Waals surface area contributed by atoms with Crippen LogP contribution < -0.4 is 5.32 Å². The predicted octanol–water partition coefficient (Wildman–Crippen LogP) is 2.56. The molecule has 0 amide bonds. The van der Waals surface area contributed by atoms with E-state index < -0.39 is 0 Å². The number of likely N-dealkylation sites (N-methyl/N-ethyl adjacent to an activating group) is 1. The van der Waals surface area contributed by atoms with Gasteiger partial charge in [-0.2, -0.15) is 5.10 Å². The van der Waals surface area contributed by atoms with Gasteiger partial charge in [-0.3, -0.25) is 4.68 Å². The van der Waals surface area contributed by atoms with E-state index in [4.69, 9.17) is 0 Å². The van der Waals surface area contributed by atoms with E-state index in [-0.39, 0.29) is 0 Å². The number of aromatic nitrogens is 2. The molecule has 20 heavy (non-hydrogen) atoms. The van der Waals surface area contributed by atoms with E-state index in [2.05, 4.69) is 43.1 Å². The molecule has 0 saturated heterocycles. The summed E-state index contributed by atoms with van der Waals surface area (Å²) < 4.78 is 1.98. The Morgan fingerprint density at radius 1 is 1.35 bits per heavy atom. The van der Waals surface area contributed by atoms with Crippen LogP contribution in [0.25, 0.3) is 0 Å². The van der Waals surface area contributed by atoms with Crippen LogP contribution in [0.2, 0.25) is 0 Å². The number of rotatable bonds is 6. The molecule has 4 nitrogen and oxygen atoms in total. The van der Waals surface area contributed by atoms with Gasteiger partial charge in [0.15, 0.2) is 0 Å². The summed E-state index contributed by atoms with van der Waals surface area (Å²) >= 11 is 0. The summed E-state index contributed by atoms with van der Waals surface area (Å²) in [4.78, 5) is 2.52. The Labute approximate surface area is 123 Å². The summed E-state index contributed by atoms with van der Waals surface area (Å²) in [7, 11) is 4.29. The van der Waals surface area contributed by atoms with E-state index in [0.29, 0.717) is 6.04 Å². The molecule has 0 aromatic carbocycles. The van der Waals surface area contributed by atoms with E-state index >= 15 is 0 Å². The van der Waals surface area contributed by atoms with Crippen molar-refractivity contribution >= 4 is 0 Å². The third-order valence-corrected chi connectivity index (χ3v) is 4.86. The van der Waals surface area contributed by atoms with Crippen molar-refractivity contribution in [1.82, 2.24) is 20.0 Å². The topological polar surface area (TPSA) is 33.1 Å². The van der Waals surface area contributed by atoms with Gasteiger partial charge in [-0.05, 0) is 40.7 Å². The Balaban J connectivity index is 1.81. The first-order valence-corrected chi connectivity index (χ1v) is 7.94. The van der Waals surface area contributed by atoms with Crippen molar-refractivity contribution in [3.63, 3.8) is 0 Å². The van der Waals surface area contributed by atoms with E-state index in [1.807, 2.05) is 11.7 Å². The third-order valence-electron chi connectivity index (χ3n) is 4.86. The van der Waals surface area contributed by atoms with Gasteiger partial charge >= 0.3 is 0 Å². The maximum absolute atomic E-state index is 4.50. The maximum atomic E-state index is 4.50. The number of nitrogens with zero attached hydrogens (tertiary/aromatic N) is 3. The molecule has 1 N–H and O–H groups in total. The number of hydrogen-bond acceptors (Lipinski definition) is 3. The molecule has 1 saturated carbocycles. The second kappa shape index (κ2) is 6.72. The zero-order chi connectivity index (χ0) is 14.7. The molecular formula is C16H30N4. The lowest BCUT2D eigenvalue weighted by atomic mass is 10.1. The first kappa shape index (κ1) is 15.5. The Hall–Kier alpha value is -0.870. The number of hydrogen-bond donors (Lipinski definition) is 1. The molecule has 114 valence electrons. The molecule has 1 atom stereocenters. The molecule has 1 aliphatic carbocycles. The van der Waals surface area contributed by atoms with Gasteiger partial charge in [-0.1, -0.05) is 12.8 Å². The maximum Gasteiger partial charge on any atom is 0.0644 e. The summed E-state index contributed by atoms with van der Waals surface area (Å²) in [6.07, 6.45) is 5.58. The van der Waals surface area contributed by atoms with Gasteiger partial charge < -0.3 is 10.2 Å². The van der Waals surface area contributed by atoms with Crippen LogP contribution in [0.15, 0.2) is 0 Å². The molecule has 0 radical (unpaired) electrons. The zero-order valence-electron chi connectivity index (χ0n) is 13.7. The van der Waals surface area contributed by atoms with Crippen LogP contribution in [0, 0.1) is 13.8 Å². The first-order chi connectivity index (χ1) is 9.50. The van der Waals surface area contributed by atoms with Crippen LogP contribution in [0.1, 0.15) is 55.6 Å². The van der Waals surface area contributed by atoms with Crippen LogP contribution in [-0.4, -0.2) is 40.9 Å². The van der Waals surface area contributed by atoms with Crippen LogP contribution in [-0.2, 0) is 7.05 Å². The average Bonchev–Trinajstić information content (AvgIpc) is 2.99.